The highest BCUT2D eigenvalue weighted by Gasteiger charge is 2.07. The number of hydrogen-bond donors (Lipinski definition) is 2. The second-order valence-corrected chi connectivity index (χ2v) is 5.01. The van der Waals surface area contributed by atoms with Gasteiger partial charge in [0.25, 0.3) is 0 Å². The molecule has 0 aliphatic carbocycles. The molecule has 7 heteroatoms. The van der Waals surface area contributed by atoms with Crippen LogP contribution in [0.2, 0.25) is 0 Å². The van der Waals surface area contributed by atoms with Gasteiger partial charge in [0, 0.05) is 0 Å². The van der Waals surface area contributed by atoms with Gasteiger partial charge in [-0.05, 0) is 48.4 Å². The quantitative estimate of drug-likeness (QED) is 0.569. The first kappa shape index (κ1) is 18.1. The van der Waals surface area contributed by atoms with Crippen LogP contribution in [0.3, 0.4) is 0 Å². The summed E-state index contributed by atoms with van der Waals surface area (Å²) in [4.78, 5) is 10.6. The fourth-order valence-electron chi connectivity index (χ4n) is 2.09. The molecule has 132 valence electrons. The summed E-state index contributed by atoms with van der Waals surface area (Å²) in [7, 11) is 1.63. The van der Waals surface area contributed by atoms with E-state index in [1.54, 1.807) is 25.3 Å². The Morgan fingerprint density at radius 1 is 1.20 bits per heavy atom. The Morgan fingerprint density at radius 2 is 2.04 bits per heavy atom. The van der Waals surface area contributed by atoms with Gasteiger partial charge in [0.05, 0.1) is 19.9 Å². The van der Waals surface area contributed by atoms with E-state index in [1.165, 1.54) is 6.21 Å². The van der Waals surface area contributed by atoms with E-state index in [0.717, 1.165) is 16.9 Å². The molecule has 0 aliphatic rings. The zero-order chi connectivity index (χ0) is 18.1. The number of carbonyl (C=O) groups is 1. The molecule has 2 aromatic carbocycles. The number of hydrogen-bond acceptors (Lipinski definition) is 5. The van der Waals surface area contributed by atoms with Gasteiger partial charge in [0.2, 0.25) is 0 Å². The molecular formula is C18H21N3O4. The standard InChI is InChI=1S/C18H21N3O4/c1-3-24-17-10-13(11-20-21-18(19)22)7-8-16(17)25-12-14-5-4-6-15(9-14)23-2/h4-11H,3,12H2,1-2H3,(H3,19,21,22). The second-order valence-electron chi connectivity index (χ2n) is 5.01. The minimum atomic E-state index is -0.723. The Hall–Kier alpha value is -3.22. The summed E-state index contributed by atoms with van der Waals surface area (Å²) < 4.78 is 16.7. The highest BCUT2D eigenvalue weighted by molar-refractivity contribution is 5.82. The lowest BCUT2D eigenvalue weighted by Gasteiger charge is -2.13. The van der Waals surface area contributed by atoms with Crippen molar-refractivity contribution in [2.24, 2.45) is 10.8 Å². The van der Waals surface area contributed by atoms with E-state index in [2.05, 4.69) is 10.5 Å². The maximum absolute atomic E-state index is 10.6. The molecule has 0 bridgehead atoms. The van der Waals surface area contributed by atoms with Crippen LogP contribution in [0.25, 0.3) is 0 Å². The van der Waals surface area contributed by atoms with E-state index in [4.69, 9.17) is 19.9 Å². The lowest BCUT2D eigenvalue weighted by atomic mass is 10.2. The number of methoxy groups -OCH3 is 1. The molecule has 0 radical (unpaired) electrons. The topological polar surface area (TPSA) is 95.2 Å². The minimum absolute atomic E-state index is 0.383. The number of hydrazone groups is 1. The first-order chi connectivity index (χ1) is 12.1. The first-order valence-corrected chi connectivity index (χ1v) is 7.73. The van der Waals surface area contributed by atoms with Crippen LogP contribution in [0.15, 0.2) is 47.6 Å². The predicted octanol–water partition coefficient (Wildman–Crippen LogP) is 2.68. The zero-order valence-corrected chi connectivity index (χ0v) is 14.2. The van der Waals surface area contributed by atoms with Gasteiger partial charge in [-0.15, -0.1) is 0 Å². The molecule has 7 nitrogen and oxygen atoms in total. The number of ether oxygens (including phenoxy) is 3. The zero-order valence-electron chi connectivity index (χ0n) is 14.2. The molecule has 0 saturated heterocycles. The lowest BCUT2D eigenvalue weighted by molar-refractivity contribution is 0.249. The molecule has 0 fully saturated rings. The number of nitrogens with one attached hydrogen (secondary N) is 1. The van der Waals surface area contributed by atoms with Crippen LogP contribution in [0.1, 0.15) is 18.1 Å². The van der Waals surface area contributed by atoms with Crippen LogP contribution in [0.5, 0.6) is 17.2 Å². The molecule has 2 rings (SSSR count). The molecule has 25 heavy (non-hydrogen) atoms. The van der Waals surface area contributed by atoms with E-state index in [-0.39, 0.29) is 0 Å². The fourth-order valence-corrected chi connectivity index (χ4v) is 2.09. The minimum Gasteiger partial charge on any atom is -0.497 e. The molecule has 0 aromatic heterocycles. The average molecular weight is 343 g/mol. The Morgan fingerprint density at radius 3 is 2.76 bits per heavy atom. The third kappa shape index (κ3) is 5.72. The van der Waals surface area contributed by atoms with Crippen molar-refractivity contribution in [3.63, 3.8) is 0 Å². The Bertz CT molecular complexity index is 747. The molecule has 0 atom stereocenters. The number of rotatable bonds is 8. The van der Waals surface area contributed by atoms with E-state index in [0.29, 0.717) is 24.7 Å². The van der Waals surface area contributed by atoms with Crippen LogP contribution < -0.4 is 25.4 Å². The normalized spacial score (nSPS) is 10.5. The number of nitrogens with zero attached hydrogens (tertiary/aromatic N) is 1. The highest BCUT2D eigenvalue weighted by atomic mass is 16.5. The number of benzene rings is 2. The van der Waals surface area contributed by atoms with Gasteiger partial charge < -0.3 is 19.9 Å². The molecule has 0 aliphatic heterocycles. The summed E-state index contributed by atoms with van der Waals surface area (Å²) in [6.45, 7) is 2.77. The number of primary amides is 1. The van der Waals surface area contributed by atoms with E-state index in [1.807, 2.05) is 31.2 Å². The number of amides is 2. The maximum atomic E-state index is 10.6. The van der Waals surface area contributed by atoms with Crippen molar-refractivity contribution in [3.8, 4) is 17.2 Å². The molecule has 0 heterocycles. The summed E-state index contributed by atoms with van der Waals surface area (Å²) in [5.74, 6) is 1.98. The van der Waals surface area contributed by atoms with Crippen molar-refractivity contribution >= 4 is 12.2 Å². The Kier molecular flexibility index (Phi) is 6.65. The summed E-state index contributed by atoms with van der Waals surface area (Å²) in [5, 5.41) is 3.72. The van der Waals surface area contributed by atoms with Crippen LogP contribution in [-0.4, -0.2) is 26.0 Å². The molecular weight excluding hydrogens is 322 g/mol. The van der Waals surface area contributed by atoms with Gasteiger partial charge in [-0.1, -0.05) is 12.1 Å². The highest BCUT2D eigenvalue weighted by Crippen LogP contribution is 2.29. The van der Waals surface area contributed by atoms with Gasteiger partial charge >= 0.3 is 6.03 Å². The van der Waals surface area contributed by atoms with Gasteiger partial charge in [-0.3, -0.25) is 0 Å². The van der Waals surface area contributed by atoms with Crippen LogP contribution in [0.4, 0.5) is 4.79 Å². The largest absolute Gasteiger partial charge is 0.497 e. The molecule has 0 spiro atoms. The summed E-state index contributed by atoms with van der Waals surface area (Å²) in [5.41, 5.74) is 8.82. The summed E-state index contributed by atoms with van der Waals surface area (Å²) >= 11 is 0. The monoisotopic (exact) mass is 343 g/mol. The molecule has 0 unspecified atom stereocenters. The number of carbonyl (C=O) groups excluding carboxylic acids is 1. The smallest absolute Gasteiger partial charge is 0.332 e. The van der Waals surface area contributed by atoms with E-state index < -0.39 is 6.03 Å². The SMILES string of the molecule is CCOc1cc(C=NNC(N)=O)ccc1OCc1cccc(OC)c1. The Labute approximate surface area is 146 Å². The average Bonchev–Trinajstić information content (AvgIpc) is 2.61. The number of urea groups is 1. The maximum Gasteiger partial charge on any atom is 0.332 e. The van der Waals surface area contributed by atoms with E-state index in [9.17, 15) is 4.79 Å². The van der Waals surface area contributed by atoms with Gasteiger partial charge in [-0.25, -0.2) is 10.2 Å². The van der Waals surface area contributed by atoms with Gasteiger partial charge in [-0.2, -0.15) is 5.10 Å². The lowest BCUT2D eigenvalue weighted by Crippen LogP contribution is -2.24. The third-order valence-electron chi connectivity index (χ3n) is 3.18. The van der Waals surface area contributed by atoms with Crippen molar-refractivity contribution in [2.75, 3.05) is 13.7 Å². The van der Waals surface area contributed by atoms with E-state index >= 15 is 0 Å². The van der Waals surface area contributed by atoms with Crippen LogP contribution in [-0.2, 0) is 6.61 Å². The second kappa shape index (κ2) is 9.17. The third-order valence-corrected chi connectivity index (χ3v) is 3.18. The molecule has 2 aromatic rings. The van der Waals surface area contributed by atoms with Crippen LogP contribution >= 0.6 is 0 Å². The van der Waals surface area contributed by atoms with Crippen molar-refractivity contribution in [3.05, 3.63) is 53.6 Å². The number of nitrogens with two attached hydrogens (primary N) is 1. The molecule has 3 N–H and O–H groups in total. The predicted molar refractivity (Wildman–Crippen MR) is 95.3 cm³/mol. The van der Waals surface area contributed by atoms with Gasteiger partial charge in [0.1, 0.15) is 12.4 Å². The fraction of sp³-hybridized carbons (Fsp3) is 0.222. The van der Waals surface area contributed by atoms with Crippen molar-refractivity contribution in [2.45, 2.75) is 13.5 Å². The summed E-state index contributed by atoms with van der Waals surface area (Å²) in [6.07, 6.45) is 1.47. The van der Waals surface area contributed by atoms with Crippen molar-refractivity contribution < 1.29 is 19.0 Å². The van der Waals surface area contributed by atoms with Crippen molar-refractivity contribution in [1.82, 2.24) is 5.43 Å². The Balaban J connectivity index is 2.10. The molecule has 0 saturated carbocycles. The summed E-state index contributed by atoms with van der Waals surface area (Å²) in [6, 6.07) is 12.3. The van der Waals surface area contributed by atoms with Crippen LogP contribution in [0, 0.1) is 0 Å². The van der Waals surface area contributed by atoms with Crippen molar-refractivity contribution in [1.29, 1.82) is 0 Å². The molecule has 2 amide bonds. The van der Waals surface area contributed by atoms with Gasteiger partial charge in [0.15, 0.2) is 11.5 Å². The first-order valence-electron chi connectivity index (χ1n) is 7.73.